The van der Waals surface area contributed by atoms with E-state index in [1.165, 1.54) is 12.8 Å². The first-order valence-electron chi connectivity index (χ1n) is 5.92. The van der Waals surface area contributed by atoms with Crippen LogP contribution in [-0.4, -0.2) is 12.1 Å². The van der Waals surface area contributed by atoms with Crippen LogP contribution in [0.4, 0.5) is 5.69 Å². The van der Waals surface area contributed by atoms with Crippen LogP contribution >= 0.6 is 15.9 Å². The van der Waals surface area contributed by atoms with Gasteiger partial charge in [-0.2, -0.15) is 5.26 Å². The minimum Gasteiger partial charge on any atom is -0.381 e. The quantitative estimate of drug-likeness (QED) is 0.881. The van der Waals surface area contributed by atoms with Crippen molar-refractivity contribution in [1.82, 2.24) is 0 Å². The van der Waals surface area contributed by atoms with Crippen LogP contribution in [0.5, 0.6) is 0 Å². The van der Waals surface area contributed by atoms with Gasteiger partial charge in [0.05, 0.1) is 5.56 Å². The fraction of sp³-hybridized carbons (Fsp3) is 0.462. The van der Waals surface area contributed by atoms with Crippen molar-refractivity contribution < 1.29 is 0 Å². The molecule has 1 fully saturated rings. The van der Waals surface area contributed by atoms with Crippen molar-refractivity contribution in [3.63, 3.8) is 0 Å². The van der Waals surface area contributed by atoms with Gasteiger partial charge in [-0.25, -0.2) is 0 Å². The normalized spacial score (nSPS) is 24.1. The molecule has 3 nitrogen and oxygen atoms in total. The van der Waals surface area contributed by atoms with Gasteiger partial charge in [-0.3, -0.25) is 0 Å². The molecule has 17 heavy (non-hydrogen) atoms. The molecule has 3 N–H and O–H groups in total. The van der Waals surface area contributed by atoms with E-state index in [9.17, 15) is 0 Å². The van der Waals surface area contributed by atoms with Crippen LogP contribution in [0, 0.1) is 11.3 Å². The molecule has 2 atom stereocenters. The molecule has 0 amide bonds. The summed E-state index contributed by atoms with van der Waals surface area (Å²) in [6.07, 6.45) is 4.69. The van der Waals surface area contributed by atoms with Gasteiger partial charge < -0.3 is 11.1 Å². The molecule has 0 aromatic heterocycles. The maximum Gasteiger partial charge on any atom is 0.100 e. The van der Waals surface area contributed by atoms with Crippen LogP contribution in [-0.2, 0) is 0 Å². The van der Waals surface area contributed by atoms with Crippen LogP contribution in [0.25, 0.3) is 0 Å². The summed E-state index contributed by atoms with van der Waals surface area (Å²) in [6.45, 7) is 0. The lowest BCUT2D eigenvalue weighted by Gasteiger charge is -2.30. The van der Waals surface area contributed by atoms with Crippen LogP contribution in [0.15, 0.2) is 22.7 Å². The van der Waals surface area contributed by atoms with Gasteiger partial charge >= 0.3 is 0 Å². The molecule has 2 rings (SSSR count). The van der Waals surface area contributed by atoms with Crippen molar-refractivity contribution in [3.8, 4) is 6.07 Å². The molecule has 0 spiro atoms. The molecule has 0 aliphatic heterocycles. The number of nitriles is 1. The highest BCUT2D eigenvalue weighted by molar-refractivity contribution is 9.10. The Labute approximate surface area is 110 Å². The molecule has 0 saturated heterocycles. The topological polar surface area (TPSA) is 61.8 Å². The van der Waals surface area contributed by atoms with Gasteiger partial charge in [0.1, 0.15) is 6.07 Å². The average molecular weight is 294 g/mol. The Morgan fingerprint density at radius 3 is 2.76 bits per heavy atom. The van der Waals surface area contributed by atoms with Crippen LogP contribution < -0.4 is 11.1 Å². The second-order valence-corrected chi connectivity index (χ2v) is 5.36. The van der Waals surface area contributed by atoms with E-state index in [-0.39, 0.29) is 6.04 Å². The number of halogens is 1. The minimum atomic E-state index is 0.234. The molecule has 1 saturated carbocycles. The predicted octanol–water partition coefficient (Wildman–Crippen LogP) is 3.00. The van der Waals surface area contributed by atoms with Crippen molar-refractivity contribution in [2.24, 2.45) is 5.73 Å². The molecule has 0 bridgehead atoms. The van der Waals surface area contributed by atoms with E-state index in [1.807, 2.05) is 18.2 Å². The fourth-order valence-corrected chi connectivity index (χ4v) is 2.72. The molecule has 1 aromatic carbocycles. The smallest absolute Gasteiger partial charge is 0.100 e. The summed E-state index contributed by atoms with van der Waals surface area (Å²) in [5.74, 6) is 0. The van der Waals surface area contributed by atoms with Gasteiger partial charge in [-0.15, -0.1) is 0 Å². The number of nitrogens with zero attached hydrogens (tertiary/aromatic N) is 1. The van der Waals surface area contributed by atoms with Gasteiger partial charge in [0, 0.05) is 22.2 Å². The maximum absolute atomic E-state index is 8.85. The zero-order valence-corrected chi connectivity index (χ0v) is 11.2. The molecular weight excluding hydrogens is 278 g/mol. The highest BCUT2D eigenvalue weighted by Crippen LogP contribution is 2.24. The summed E-state index contributed by atoms with van der Waals surface area (Å²) in [7, 11) is 0. The zero-order chi connectivity index (χ0) is 12.3. The number of hydrogen-bond acceptors (Lipinski definition) is 3. The maximum atomic E-state index is 8.85. The van der Waals surface area contributed by atoms with Gasteiger partial charge in [-0.05, 0) is 47.0 Å². The lowest BCUT2D eigenvalue weighted by atomic mass is 9.91. The number of benzene rings is 1. The summed E-state index contributed by atoms with van der Waals surface area (Å²) < 4.78 is 0.828. The molecule has 1 aliphatic rings. The number of nitrogens with one attached hydrogen (secondary N) is 1. The highest BCUT2D eigenvalue weighted by Gasteiger charge is 2.21. The standard InChI is InChI=1S/C13H16BrN3/c14-11-7-10(6-5-9(11)8-15)17-13-4-2-1-3-12(13)16/h5-7,12-13,17H,1-4,16H2/t12-,13-/m1/s1. The zero-order valence-electron chi connectivity index (χ0n) is 9.62. The van der Waals surface area contributed by atoms with Crippen molar-refractivity contribution in [3.05, 3.63) is 28.2 Å². The molecule has 0 heterocycles. The van der Waals surface area contributed by atoms with E-state index in [4.69, 9.17) is 11.0 Å². The summed E-state index contributed by atoms with van der Waals surface area (Å²) >= 11 is 3.39. The second kappa shape index (κ2) is 5.52. The van der Waals surface area contributed by atoms with E-state index in [2.05, 4.69) is 27.3 Å². The monoisotopic (exact) mass is 293 g/mol. The molecule has 0 radical (unpaired) electrons. The largest absolute Gasteiger partial charge is 0.381 e. The Morgan fingerprint density at radius 1 is 1.35 bits per heavy atom. The molecule has 1 aromatic rings. The molecule has 4 heteroatoms. The van der Waals surface area contributed by atoms with Crippen molar-refractivity contribution in [1.29, 1.82) is 5.26 Å². The Bertz CT molecular complexity index is 439. The lowest BCUT2D eigenvalue weighted by Crippen LogP contribution is -2.42. The van der Waals surface area contributed by atoms with Crippen molar-refractivity contribution in [2.45, 2.75) is 37.8 Å². The van der Waals surface area contributed by atoms with Crippen LogP contribution in [0.2, 0.25) is 0 Å². The molecule has 0 unspecified atom stereocenters. The number of nitrogens with two attached hydrogens (primary N) is 1. The first kappa shape index (κ1) is 12.4. The summed E-state index contributed by atoms with van der Waals surface area (Å²) in [6, 6.07) is 8.42. The van der Waals surface area contributed by atoms with E-state index in [0.29, 0.717) is 11.6 Å². The van der Waals surface area contributed by atoms with Crippen LogP contribution in [0.3, 0.4) is 0 Å². The summed E-state index contributed by atoms with van der Waals surface area (Å²) in [5.41, 5.74) is 7.78. The first-order chi connectivity index (χ1) is 8.20. The Kier molecular flexibility index (Phi) is 4.03. The third-order valence-corrected chi connectivity index (χ3v) is 3.92. The SMILES string of the molecule is N#Cc1ccc(N[C@@H]2CCCC[C@H]2N)cc1Br. The number of anilines is 1. The predicted molar refractivity (Wildman–Crippen MR) is 72.7 cm³/mol. The lowest BCUT2D eigenvalue weighted by molar-refractivity contribution is 0.404. The van der Waals surface area contributed by atoms with Gasteiger partial charge in [0.15, 0.2) is 0 Å². The Morgan fingerprint density at radius 2 is 2.12 bits per heavy atom. The van der Waals surface area contributed by atoms with Gasteiger partial charge in [0.25, 0.3) is 0 Å². The van der Waals surface area contributed by atoms with E-state index in [1.54, 1.807) is 0 Å². The number of rotatable bonds is 2. The van der Waals surface area contributed by atoms with Crippen molar-refractivity contribution in [2.75, 3.05) is 5.32 Å². The summed E-state index contributed by atoms with van der Waals surface area (Å²) in [5, 5.41) is 12.3. The molecule has 90 valence electrons. The van der Waals surface area contributed by atoms with Gasteiger partial charge in [-0.1, -0.05) is 12.8 Å². The Hall–Kier alpha value is -1.05. The van der Waals surface area contributed by atoms with Crippen LogP contribution in [0.1, 0.15) is 31.2 Å². The average Bonchev–Trinajstić information content (AvgIpc) is 2.32. The number of hydrogen-bond donors (Lipinski definition) is 2. The highest BCUT2D eigenvalue weighted by atomic mass is 79.9. The fourth-order valence-electron chi connectivity index (χ4n) is 2.25. The second-order valence-electron chi connectivity index (χ2n) is 4.51. The molecule has 1 aliphatic carbocycles. The van der Waals surface area contributed by atoms with E-state index in [0.717, 1.165) is 23.0 Å². The van der Waals surface area contributed by atoms with Gasteiger partial charge in [0.2, 0.25) is 0 Å². The Balaban J connectivity index is 2.08. The third-order valence-electron chi connectivity index (χ3n) is 3.26. The first-order valence-corrected chi connectivity index (χ1v) is 6.72. The van der Waals surface area contributed by atoms with E-state index < -0.39 is 0 Å². The molecular formula is C13H16BrN3. The minimum absolute atomic E-state index is 0.234. The van der Waals surface area contributed by atoms with Crippen molar-refractivity contribution >= 4 is 21.6 Å². The summed E-state index contributed by atoms with van der Waals surface area (Å²) in [4.78, 5) is 0. The van der Waals surface area contributed by atoms with E-state index >= 15 is 0 Å². The third kappa shape index (κ3) is 2.99.